The van der Waals surface area contributed by atoms with Crippen LogP contribution in [0.5, 0.6) is 0 Å². The fourth-order valence-electron chi connectivity index (χ4n) is 0.935. The van der Waals surface area contributed by atoms with Crippen molar-refractivity contribution in [2.45, 2.75) is 0 Å². The van der Waals surface area contributed by atoms with Crippen LogP contribution in [0.15, 0.2) is 12.4 Å². The van der Waals surface area contributed by atoms with Crippen molar-refractivity contribution >= 4 is 23.0 Å². The summed E-state index contributed by atoms with van der Waals surface area (Å²) in [4.78, 5) is 13.7. The van der Waals surface area contributed by atoms with Crippen LogP contribution in [0.1, 0.15) is 0 Å². The molecule has 0 aliphatic carbocycles. The molecule has 1 heterocycles. The fraction of sp³-hybridized carbons (Fsp3) is 0.286. The van der Waals surface area contributed by atoms with Crippen molar-refractivity contribution < 1.29 is 4.92 Å². The Morgan fingerprint density at radius 3 is 2.93 bits per heavy atom. The minimum Gasteiger partial charge on any atom is -0.377 e. The molecule has 0 aliphatic rings. The lowest BCUT2D eigenvalue weighted by molar-refractivity contribution is -0.384. The monoisotopic (exact) mass is 216 g/mol. The first-order valence-electron chi connectivity index (χ1n) is 3.88. The Morgan fingerprint density at radius 2 is 2.36 bits per heavy atom. The fourth-order valence-corrected chi connectivity index (χ4v) is 1.16. The third-order valence-electron chi connectivity index (χ3n) is 1.52. The summed E-state index contributed by atoms with van der Waals surface area (Å²) in [5, 5.41) is 13.6. The Balaban J connectivity index is 3.02. The van der Waals surface area contributed by atoms with Crippen LogP contribution in [0.2, 0.25) is 5.02 Å². The Morgan fingerprint density at radius 1 is 1.64 bits per heavy atom. The lowest BCUT2D eigenvalue weighted by Crippen LogP contribution is -2.14. The topological polar surface area (TPSA) is 94.1 Å². The van der Waals surface area contributed by atoms with E-state index in [0.29, 0.717) is 13.1 Å². The van der Waals surface area contributed by atoms with Gasteiger partial charge in [0.1, 0.15) is 11.9 Å². The van der Waals surface area contributed by atoms with Crippen LogP contribution in [0.3, 0.4) is 0 Å². The molecule has 0 bridgehead atoms. The molecule has 0 amide bonds. The van der Waals surface area contributed by atoms with E-state index in [1.165, 1.54) is 6.20 Å². The molecule has 7 heteroatoms. The number of rotatable bonds is 4. The summed E-state index contributed by atoms with van der Waals surface area (Å²) >= 11 is 5.74. The summed E-state index contributed by atoms with van der Waals surface area (Å²) in [6.45, 7) is 0.792. The van der Waals surface area contributed by atoms with Gasteiger partial charge in [0.2, 0.25) is 0 Å². The number of nitro groups is 1. The number of halogens is 1. The number of aromatic nitrogens is 1. The molecule has 1 rings (SSSR count). The van der Waals surface area contributed by atoms with E-state index in [2.05, 4.69) is 10.3 Å². The molecule has 0 unspecified atom stereocenters. The zero-order valence-corrected chi connectivity index (χ0v) is 7.99. The molecule has 0 atom stereocenters. The molecular weight excluding hydrogens is 208 g/mol. The number of anilines is 1. The van der Waals surface area contributed by atoms with E-state index in [4.69, 9.17) is 17.3 Å². The molecule has 1 aromatic heterocycles. The first-order valence-corrected chi connectivity index (χ1v) is 4.26. The number of hydrogen-bond acceptors (Lipinski definition) is 5. The molecule has 0 saturated carbocycles. The molecule has 0 aliphatic heterocycles. The molecule has 0 saturated heterocycles. The van der Waals surface area contributed by atoms with Gasteiger partial charge in [0.15, 0.2) is 0 Å². The predicted octanol–water partition coefficient (Wildman–Crippen LogP) is 1.01. The van der Waals surface area contributed by atoms with Crippen LogP contribution in [0, 0.1) is 10.1 Å². The lowest BCUT2D eigenvalue weighted by atomic mass is 10.3. The highest BCUT2D eigenvalue weighted by molar-refractivity contribution is 6.33. The van der Waals surface area contributed by atoms with E-state index >= 15 is 0 Å². The maximum absolute atomic E-state index is 10.6. The van der Waals surface area contributed by atoms with Crippen LogP contribution in [-0.4, -0.2) is 23.0 Å². The van der Waals surface area contributed by atoms with E-state index in [1.807, 2.05) is 0 Å². The first kappa shape index (κ1) is 10.7. The summed E-state index contributed by atoms with van der Waals surface area (Å²) in [6, 6.07) is 0. The van der Waals surface area contributed by atoms with Crippen molar-refractivity contribution in [3.8, 4) is 0 Å². The van der Waals surface area contributed by atoms with Gasteiger partial charge in [-0.05, 0) is 0 Å². The molecule has 6 nitrogen and oxygen atoms in total. The average Bonchev–Trinajstić information content (AvgIpc) is 2.15. The molecular formula is C7H9ClN4O2. The van der Waals surface area contributed by atoms with Gasteiger partial charge in [0.25, 0.3) is 0 Å². The summed E-state index contributed by atoms with van der Waals surface area (Å²) in [6.07, 6.45) is 2.48. The Labute approximate surface area is 85.2 Å². The summed E-state index contributed by atoms with van der Waals surface area (Å²) in [5.74, 6) is 0. The zero-order valence-electron chi connectivity index (χ0n) is 7.24. The van der Waals surface area contributed by atoms with Gasteiger partial charge in [0, 0.05) is 19.3 Å². The standard InChI is InChI=1S/C7H9ClN4O2/c8-5-3-10-4-6(12(13)14)7(5)11-2-1-9/h3-4H,1-2,9H2,(H,10,11). The minimum atomic E-state index is -0.544. The highest BCUT2D eigenvalue weighted by Crippen LogP contribution is 2.30. The van der Waals surface area contributed by atoms with Gasteiger partial charge < -0.3 is 11.1 Å². The Hall–Kier alpha value is -1.40. The van der Waals surface area contributed by atoms with Gasteiger partial charge in [-0.3, -0.25) is 15.1 Å². The van der Waals surface area contributed by atoms with Gasteiger partial charge >= 0.3 is 5.69 Å². The molecule has 0 aromatic carbocycles. The number of hydrogen-bond donors (Lipinski definition) is 2. The lowest BCUT2D eigenvalue weighted by Gasteiger charge is -2.06. The molecule has 0 spiro atoms. The predicted molar refractivity (Wildman–Crippen MR) is 53.4 cm³/mol. The number of nitrogens with one attached hydrogen (secondary N) is 1. The quantitative estimate of drug-likeness (QED) is 0.579. The van der Waals surface area contributed by atoms with E-state index in [1.54, 1.807) is 0 Å². The van der Waals surface area contributed by atoms with Gasteiger partial charge in [-0.2, -0.15) is 0 Å². The van der Waals surface area contributed by atoms with Crippen LogP contribution < -0.4 is 11.1 Å². The maximum atomic E-state index is 10.6. The largest absolute Gasteiger partial charge is 0.377 e. The van der Waals surface area contributed by atoms with Crippen LogP contribution >= 0.6 is 11.6 Å². The number of nitrogens with zero attached hydrogens (tertiary/aromatic N) is 2. The SMILES string of the molecule is NCCNc1c(Cl)cncc1[N+](=O)[O-]. The van der Waals surface area contributed by atoms with Crippen molar-refractivity contribution in [2.75, 3.05) is 18.4 Å². The molecule has 3 N–H and O–H groups in total. The van der Waals surface area contributed by atoms with E-state index in [-0.39, 0.29) is 16.4 Å². The Bertz CT molecular complexity index is 344. The van der Waals surface area contributed by atoms with Crippen molar-refractivity contribution in [3.63, 3.8) is 0 Å². The van der Waals surface area contributed by atoms with E-state index in [0.717, 1.165) is 6.20 Å². The maximum Gasteiger partial charge on any atom is 0.311 e. The molecule has 14 heavy (non-hydrogen) atoms. The smallest absolute Gasteiger partial charge is 0.311 e. The second-order valence-electron chi connectivity index (χ2n) is 2.49. The third-order valence-corrected chi connectivity index (χ3v) is 1.81. The van der Waals surface area contributed by atoms with Crippen molar-refractivity contribution in [1.29, 1.82) is 0 Å². The summed E-state index contributed by atoms with van der Waals surface area (Å²) in [5.41, 5.74) is 5.38. The first-order chi connectivity index (χ1) is 6.66. The normalized spacial score (nSPS) is 9.86. The van der Waals surface area contributed by atoms with Gasteiger partial charge in [-0.15, -0.1) is 0 Å². The highest BCUT2D eigenvalue weighted by Gasteiger charge is 2.16. The van der Waals surface area contributed by atoms with Gasteiger partial charge in [-0.25, -0.2) is 0 Å². The van der Waals surface area contributed by atoms with E-state index < -0.39 is 4.92 Å². The van der Waals surface area contributed by atoms with Gasteiger partial charge in [0.05, 0.1) is 9.95 Å². The van der Waals surface area contributed by atoms with Crippen LogP contribution in [-0.2, 0) is 0 Å². The van der Waals surface area contributed by atoms with Crippen molar-refractivity contribution in [2.24, 2.45) is 5.73 Å². The number of nitrogens with two attached hydrogens (primary N) is 1. The molecule has 0 fully saturated rings. The van der Waals surface area contributed by atoms with Gasteiger partial charge in [-0.1, -0.05) is 11.6 Å². The summed E-state index contributed by atoms with van der Waals surface area (Å²) in [7, 11) is 0. The minimum absolute atomic E-state index is 0.147. The third kappa shape index (κ3) is 2.30. The second kappa shape index (κ2) is 4.73. The number of pyridine rings is 1. The molecule has 76 valence electrons. The van der Waals surface area contributed by atoms with Crippen LogP contribution in [0.4, 0.5) is 11.4 Å². The zero-order chi connectivity index (χ0) is 10.6. The Kier molecular flexibility index (Phi) is 3.61. The van der Waals surface area contributed by atoms with E-state index in [9.17, 15) is 10.1 Å². The summed E-state index contributed by atoms with van der Waals surface area (Å²) < 4.78 is 0. The molecule has 1 aromatic rings. The van der Waals surface area contributed by atoms with Crippen molar-refractivity contribution in [1.82, 2.24) is 4.98 Å². The van der Waals surface area contributed by atoms with Crippen LogP contribution in [0.25, 0.3) is 0 Å². The van der Waals surface area contributed by atoms with Crippen molar-refractivity contribution in [3.05, 3.63) is 27.5 Å². The average molecular weight is 217 g/mol. The second-order valence-corrected chi connectivity index (χ2v) is 2.90. The molecule has 0 radical (unpaired) electrons. The highest BCUT2D eigenvalue weighted by atomic mass is 35.5.